The van der Waals surface area contributed by atoms with Gasteiger partial charge < -0.3 is 10.4 Å². The van der Waals surface area contributed by atoms with E-state index in [4.69, 9.17) is 5.11 Å². The van der Waals surface area contributed by atoms with Crippen molar-refractivity contribution in [2.75, 3.05) is 6.54 Å². The summed E-state index contributed by atoms with van der Waals surface area (Å²) in [7, 11) is 0. The number of aryl methyl sites for hydroxylation is 1. The molecule has 1 fully saturated rings. The van der Waals surface area contributed by atoms with Crippen molar-refractivity contribution in [3.8, 4) is 0 Å². The van der Waals surface area contributed by atoms with Crippen LogP contribution in [0.4, 0.5) is 0 Å². The molecule has 98 valence electrons. The lowest BCUT2D eigenvalue weighted by molar-refractivity contribution is -0.141. The van der Waals surface area contributed by atoms with Crippen molar-refractivity contribution in [1.82, 2.24) is 10.3 Å². The lowest BCUT2D eigenvalue weighted by Gasteiger charge is -2.11. The van der Waals surface area contributed by atoms with E-state index in [2.05, 4.69) is 34.6 Å². The molecule has 1 aromatic carbocycles. The molecule has 1 aliphatic heterocycles. The van der Waals surface area contributed by atoms with Crippen molar-refractivity contribution in [2.45, 2.75) is 19.4 Å². The number of nitrogens with one attached hydrogen (secondary N) is 1. The Hall–Kier alpha value is -1.94. The zero-order valence-electron chi connectivity index (χ0n) is 10.8. The van der Waals surface area contributed by atoms with E-state index in [0.717, 1.165) is 16.6 Å². The average molecular weight is 256 g/mol. The Morgan fingerprint density at radius 2 is 2.21 bits per heavy atom. The van der Waals surface area contributed by atoms with Gasteiger partial charge in [0.1, 0.15) is 0 Å². The summed E-state index contributed by atoms with van der Waals surface area (Å²) in [5, 5.41) is 14.6. The second-order valence-corrected chi connectivity index (χ2v) is 5.16. The number of carboxylic acid groups (broad SMARTS) is 1. The van der Waals surface area contributed by atoms with Gasteiger partial charge in [0.05, 0.1) is 5.92 Å². The number of pyridine rings is 1. The summed E-state index contributed by atoms with van der Waals surface area (Å²) in [5.41, 5.74) is 2.15. The number of nitrogens with zero attached hydrogens (tertiary/aromatic N) is 1. The summed E-state index contributed by atoms with van der Waals surface area (Å²) in [6, 6.07) is 8.44. The van der Waals surface area contributed by atoms with Gasteiger partial charge in [0, 0.05) is 29.9 Å². The standard InChI is InChI=1S/C15H16N2O2/c1-9-4-10-2-3-11(5-12(10)7-16-9)14-6-13(8-17-14)15(18)19/h2-5,7,13-14,17H,6,8H2,1H3,(H,18,19). The molecule has 2 unspecified atom stereocenters. The number of rotatable bonds is 2. The Morgan fingerprint density at radius 3 is 2.95 bits per heavy atom. The molecule has 0 radical (unpaired) electrons. The van der Waals surface area contributed by atoms with Crippen LogP contribution in [0.5, 0.6) is 0 Å². The lowest BCUT2D eigenvalue weighted by atomic mass is 9.98. The van der Waals surface area contributed by atoms with Gasteiger partial charge in [0.15, 0.2) is 0 Å². The first-order valence-electron chi connectivity index (χ1n) is 6.46. The van der Waals surface area contributed by atoms with E-state index >= 15 is 0 Å². The van der Waals surface area contributed by atoms with Crippen molar-refractivity contribution >= 4 is 16.7 Å². The molecule has 0 amide bonds. The summed E-state index contributed by atoms with van der Waals surface area (Å²) in [4.78, 5) is 15.3. The molecule has 2 N–H and O–H groups in total. The minimum atomic E-state index is -0.715. The van der Waals surface area contributed by atoms with Gasteiger partial charge in [-0.2, -0.15) is 0 Å². The molecular weight excluding hydrogens is 240 g/mol. The number of aliphatic carboxylic acids is 1. The van der Waals surface area contributed by atoms with Crippen LogP contribution in [0.15, 0.2) is 30.5 Å². The van der Waals surface area contributed by atoms with Gasteiger partial charge in [-0.25, -0.2) is 0 Å². The fraction of sp³-hybridized carbons (Fsp3) is 0.333. The molecule has 2 heterocycles. The molecule has 3 rings (SSSR count). The van der Waals surface area contributed by atoms with E-state index in [1.807, 2.05) is 13.1 Å². The molecule has 19 heavy (non-hydrogen) atoms. The van der Waals surface area contributed by atoms with E-state index in [9.17, 15) is 4.79 Å². The Labute approximate surface area is 111 Å². The molecule has 1 aromatic heterocycles. The van der Waals surface area contributed by atoms with E-state index in [1.165, 1.54) is 5.39 Å². The lowest BCUT2D eigenvalue weighted by Crippen LogP contribution is -2.17. The topological polar surface area (TPSA) is 62.2 Å². The highest BCUT2D eigenvalue weighted by Gasteiger charge is 2.30. The molecule has 4 heteroatoms. The summed E-state index contributed by atoms with van der Waals surface area (Å²) in [6.07, 6.45) is 2.53. The van der Waals surface area contributed by atoms with Crippen molar-refractivity contribution in [3.63, 3.8) is 0 Å². The normalized spacial score (nSPS) is 22.8. The first-order valence-corrected chi connectivity index (χ1v) is 6.46. The third-order valence-electron chi connectivity index (χ3n) is 3.76. The van der Waals surface area contributed by atoms with Crippen LogP contribution in [0, 0.1) is 12.8 Å². The van der Waals surface area contributed by atoms with Gasteiger partial charge >= 0.3 is 5.97 Å². The van der Waals surface area contributed by atoms with Crippen molar-refractivity contribution < 1.29 is 9.90 Å². The number of carboxylic acids is 1. The van der Waals surface area contributed by atoms with Crippen LogP contribution in [0.1, 0.15) is 23.7 Å². The van der Waals surface area contributed by atoms with Crippen molar-refractivity contribution in [3.05, 3.63) is 41.7 Å². The summed E-state index contributed by atoms with van der Waals surface area (Å²) >= 11 is 0. The summed E-state index contributed by atoms with van der Waals surface area (Å²) < 4.78 is 0. The number of hydrogen-bond acceptors (Lipinski definition) is 3. The van der Waals surface area contributed by atoms with Crippen LogP contribution < -0.4 is 5.32 Å². The SMILES string of the molecule is Cc1cc2ccc(C3CC(C(=O)O)CN3)cc2cn1. The van der Waals surface area contributed by atoms with E-state index < -0.39 is 5.97 Å². The number of carbonyl (C=O) groups is 1. The van der Waals surface area contributed by atoms with Gasteiger partial charge in [-0.05, 0) is 36.4 Å². The molecule has 2 atom stereocenters. The van der Waals surface area contributed by atoms with Crippen LogP contribution in [0.3, 0.4) is 0 Å². The van der Waals surface area contributed by atoms with Crippen LogP contribution >= 0.6 is 0 Å². The number of fused-ring (bicyclic) bond motifs is 1. The van der Waals surface area contributed by atoms with Gasteiger partial charge in [0.2, 0.25) is 0 Å². The molecule has 0 saturated carbocycles. The minimum absolute atomic E-state index is 0.131. The molecule has 1 aliphatic rings. The number of hydrogen-bond donors (Lipinski definition) is 2. The molecule has 0 bridgehead atoms. The molecule has 0 spiro atoms. The zero-order valence-corrected chi connectivity index (χ0v) is 10.8. The van der Waals surface area contributed by atoms with Gasteiger partial charge in [-0.3, -0.25) is 9.78 Å². The maximum atomic E-state index is 11.0. The van der Waals surface area contributed by atoms with E-state index in [1.54, 1.807) is 0 Å². The molecule has 2 aromatic rings. The molecule has 1 saturated heterocycles. The van der Waals surface area contributed by atoms with Crippen molar-refractivity contribution in [1.29, 1.82) is 0 Å². The van der Waals surface area contributed by atoms with Gasteiger partial charge in [-0.1, -0.05) is 12.1 Å². The molecule has 4 nitrogen and oxygen atoms in total. The molecular formula is C15H16N2O2. The minimum Gasteiger partial charge on any atom is -0.481 e. The van der Waals surface area contributed by atoms with Crippen LogP contribution in [0.25, 0.3) is 10.8 Å². The quantitative estimate of drug-likeness (QED) is 0.865. The Kier molecular flexibility index (Phi) is 2.95. The Balaban J connectivity index is 1.90. The highest BCUT2D eigenvalue weighted by Crippen LogP contribution is 2.29. The predicted octanol–water partition coefficient (Wildman–Crippen LogP) is 2.28. The first kappa shape index (κ1) is 12.1. The fourth-order valence-corrected chi connectivity index (χ4v) is 2.66. The Bertz CT molecular complexity index is 639. The second kappa shape index (κ2) is 4.63. The number of aromatic nitrogens is 1. The van der Waals surface area contributed by atoms with Gasteiger partial charge in [-0.15, -0.1) is 0 Å². The average Bonchev–Trinajstić information content (AvgIpc) is 2.88. The predicted molar refractivity (Wildman–Crippen MR) is 73.0 cm³/mol. The van der Waals surface area contributed by atoms with E-state index in [-0.39, 0.29) is 12.0 Å². The van der Waals surface area contributed by atoms with Crippen LogP contribution in [0.2, 0.25) is 0 Å². The smallest absolute Gasteiger partial charge is 0.307 e. The number of benzene rings is 1. The third kappa shape index (κ3) is 2.31. The maximum absolute atomic E-state index is 11.0. The van der Waals surface area contributed by atoms with Crippen LogP contribution in [-0.2, 0) is 4.79 Å². The van der Waals surface area contributed by atoms with Crippen molar-refractivity contribution in [2.24, 2.45) is 5.92 Å². The fourth-order valence-electron chi connectivity index (χ4n) is 2.66. The molecule has 0 aliphatic carbocycles. The van der Waals surface area contributed by atoms with Crippen LogP contribution in [-0.4, -0.2) is 22.6 Å². The largest absolute Gasteiger partial charge is 0.481 e. The second-order valence-electron chi connectivity index (χ2n) is 5.16. The van der Waals surface area contributed by atoms with E-state index in [0.29, 0.717) is 13.0 Å². The first-order chi connectivity index (χ1) is 9.13. The zero-order chi connectivity index (χ0) is 13.4. The summed E-state index contributed by atoms with van der Waals surface area (Å²) in [6.45, 7) is 2.52. The monoisotopic (exact) mass is 256 g/mol. The highest BCUT2D eigenvalue weighted by molar-refractivity contribution is 5.82. The Morgan fingerprint density at radius 1 is 1.37 bits per heavy atom. The summed E-state index contributed by atoms with van der Waals surface area (Å²) in [5.74, 6) is -0.995. The highest BCUT2D eigenvalue weighted by atomic mass is 16.4. The maximum Gasteiger partial charge on any atom is 0.307 e. The van der Waals surface area contributed by atoms with Gasteiger partial charge in [0.25, 0.3) is 0 Å². The third-order valence-corrected chi connectivity index (χ3v) is 3.76.